The van der Waals surface area contributed by atoms with E-state index in [2.05, 4.69) is 51.3 Å². The highest BCUT2D eigenvalue weighted by atomic mass is 35.5. The third kappa shape index (κ3) is 4.70. The van der Waals surface area contributed by atoms with E-state index < -0.39 is 0 Å². The first-order chi connectivity index (χ1) is 18.1. The third-order valence-electron chi connectivity index (χ3n) is 6.99. The first kappa shape index (κ1) is 24.0. The van der Waals surface area contributed by atoms with Gasteiger partial charge in [0.1, 0.15) is 17.6 Å². The van der Waals surface area contributed by atoms with Crippen LogP contribution in [0.5, 0.6) is 0 Å². The number of aryl methyl sites for hydroxylation is 1. The zero-order valence-electron chi connectivity index (χ0n) is 20.4. The summed E-state index contributed by atoms with van der Waals surface area (Å²) in [6, 6.07) is 24.0. The van der Waals surface area contributed by atoms with Crippen molar-refractivity contribution in [2.45, 2.75) is 19.0 Å². The van der Waals surface area contributed by atoms with Gasteiger partial charge in [0, 0.05) is 41.2 Å². The molecule has 0 unspecified atom stereocenters. The van der Waals surface area contributed by atoms with E-state index in [1.165, 1.54) is 5.69 Å². The van der Waals surface area contributed by atoms with Gasteiger partial charge < -0.3 is 24.3 Å². The summed E-state index contributed by atoms with van der Waals surface area (Å²) in [5, 5.41) is 4.81. The van der Waals surface area contributed by atoms with Gasteiger partial charge in [-0.1, -0.05) is 23.7 Å². The fourth-order valence-electron chi connectivity index (χ4n) is 5.08. The summed E-state index contributed by atoms with van der Waals surface area (Å²) in [4.78, 5) is 9.11. The lowest BCUT2D eigenvalue weighted by atomic mass is 10.0. The number of ether oxygens (including phenoxy) is 1. The van der Waals surface area contributed by atoms with E-state index in [1.807, 2.05) is 48.5 Å². The fourth-order valence-corrected chi connectivity index (χ4v) is 5.60. The average molecular weight is 531 g/mol. The molecule has 8 heteroatoms. The lowest BCUT2D eigenvalue weighted by Crippen LogP contribution is -2.36. The minimum absolute atomic E-state index is 0.174. The van der Waals surface area contributed by atoms with Crippen molar-refractivity contribution in [1.29, 1.82) is 0 Å². The molecule has 0 saturated carbocycles. The highest BCUT2D eigenvalue weighted by molar-refractivity contribution is 7.80. The van der Waals surface area contributed by atoms with Crippen LogP contribution in [0.25, 0.3) is 11.3 Å². The summed E-state index contributed by atoms with van der Waals surface area (Å²) in [7, 11) is 0. The van der Waals surface area contributed by atoms with Crippen molar-refractivity contribution in [2.24, 2.45) is 0 Å². The quantitative estimate of drug-likeness (QED) is 0.303. The maximum absolute atomic E-state index is 6.51. The van der Waals surface area contributed by atoms with E-state index in [-0.39, 0.29) is 12.1 Å². The van der Waals surface area contributed by atoms with Gasteiger partial charge in [-0.2, -0.15) is 0 Å². The smallest absolute Gasteiger partial charge is 0.174 e. The summed E-state index contributed by atoms with van der Waals surface area (Å²) < 4.78 is 12.0. The van der Waals surface area contributed by atoms with Crippen LogP contribution in [-0.4, -0.2) is 36.4 Å². The molecule has 6 rings (SSSR count). The Morgan fingerprint density at radius 3 is 2.51 bits per heavy atom. The van der Waals surface area contributed by atoms with Crippen molar-refractivity contribution < 1.29 is 9.15 Å². The Balaban J connectivity index is 1.38. The number of rotatable bonds is 5. The molecule has 6 nitrogen and oxygen atoms in total. The minimum Gasteiger partial charge on any atom is -0.459 e. The lowest BCUT2D eigenvalue weighted by molar-refractivity contribution is 0.122. The van der Waals surface area contributed by atoms with E-state index in [0.29, 0.717) is 10.1 Å². The Hall–Kier alpha value is -3.39. The van der Waals surface area contributed by atoms with Crippen LogP contribution in [0, 0.1) is 6.92 Å². The maximum Gasteiger partial charge on any atom is 0.174 e. The average Bonchev–Trinajstić information content (AvgIpc) is 3.56. The molecule has 2 aliphatic heterocycles. The van der Waals surface area contributed by atoms with E-state index in [1.54, 1.807) is 6.20 Å². The van der Waals surface area contributed by atoms with Crippen molar-refractivity contribution in [3.05, 3.63) is 101 Å². The van der Waals surface area contributed by atoms with Gasteiger partial charge in [0.15, 0.2) is 5.11 Å². The molecule has 0 aliphatic carbocycles. The molecule has 2 fully saturated rings. The Kier molecular flexibility index (Phi) is 6.59. The monoisotopic (exact) mass is 530 g/mol. The minimum atomic E-state index is -0.218. The molecule has 0 amide bonds. The maximum atomic E-state index is 6.51. The van der Waals surface area contributed by atoms with Gasteiger partial charge in [-0.3, -0.25) is 4.98 Å². The predicted molar refractivity (Wildman–Crippen MR) is 151 cm³/mol. The molecule has 0 spiro atoms. The van der Waals surface area contributed by atoms with Crippen LogP contribution >= 0.6 is 23.8 Å². The van der Waals surface area contributed by atoms with Gasteiger partial charge in [0.25, 0.3) is 0 Å². The van der Waals surface area contributed by atoms with Gasteiger partial charge in [0.2, 0.25) is 0 Å². The van der Waals surface area contributed by atoms with Gasteiger partial charge in [-0.05, 0) is 85.4 Å². The van der Waals surface area contributed by atoms with Gasteiger partial charge in [-0.25, -0.2) is 0 Å². The largest absolute Gasteiger partial charge is 0.459 e. The number of anilines is 2. The number of aromatic nitrogens is 1. The zero-order valence-corrected chi connectivity index (χ0v) is 22.0. The number of benzene rings is 2. The molecule has 2 aromatic carbocycles. The van der Waals surface area contributed by atoms with Crippen molar-refractivity contribution in [1.82, 2.24) is 10.3 Å². The second-order valence-electron chi connectivity index (χ2n) is 9.27. The van der Waals surface area contributed by atoms with Crippen molar-refractivity contribution >= 4 is 40.3 Å². The number of pyridine rings is 1. The standard InChI is InChI=1S/C29H27ClN4O2S/c1-19-5-6-20(30)18-23(19)25-11-12-26(36-25)28-27(24-4-2-3-13-31-24)32-29(37)34(28)22-9-7-21(8-10-22)33-14-16-35-17-15-33/h2-13,18,27-28H,14-17H2,1H3,(H,32,37)/t27-,28+/m0/s1. The van der Waals surface area contributed by atoms with Gasteiger partial charge in [0.05, 0.1) is 24.9 Å². The SMILES string of the molecule is Cc1ccc(Cl)cc1-c1ccc([C@@H]2[C@H](c3ccccn3)NC(=S)N2c2ccc(N3CCOCC3)cc2)o1. The molecule has 1 N–H and O–H groups in total. The van der Waals surface area contributed by atoms with Crippen LogP contribution in [-0.2, 0) is 4.74 Å². The number of thiocarbonyl (C=S) groups is 1. The van der Waals surface area contributed by atoms with E-state index in [9.17, 15) is 0 Å². The molecular weight excluding hydrogens is 504 g/mol. The predicted octanol–water partition coefficient (Wildman–Crippen LogP) is 6.32. The Labute approximate surface area is 226 Å². The second kappa shape index (κ2) is 10.2. The number of hydrogen-bond acceptors (Lipinski definition) is 5. The van der Waals surface area contributed by atoms with Gasteiger partial charge in [-0.15, -0.1) is 0 Å². The number of halogens is 1. The van der Waals surface area contributed by atoms with Gasteiger partial charge >= 0.3 is 0 Å². The normalized spacial score (nSPS) is 19.8. The lowest BCUT2D eigenvalue weighted by Gasteiger charge is -2.30. The molecule has 2 saturated heterocycles. The van der Waals surface area contributed by atoms with Crippen LogP contribution in [0.3, 0.4) is 0 Å². The Morgan fingerprint density at radius 1 is 0.973 bits per heavy atom. The number of furan rings is 1. The summed E-state index contributed by atoms with van der Waals surface area (Å²) in [5.41, 5.74) is 5.15. The summed E-state index contributed by atoms with van der Waals surface area (Å²) in [6.45, 7) is 5.35. The molecule has 0 bridgehead atoms. The van der Waals surface area contributed by atoms with Crippen molar-refractivity contribution in [2.75, 3.05) is 36.1 Å². The Bertz CT molecular complexity index is 1400. The molecule has 0 radical (unpaired) electrons. The molecule has 4 aromatic rings. The number of nitrogens with one attached hydrogen (secondary N) is 1. The summed E-state index contributed by atoms with van der Waals surface area (Å²) in [6.07, 6.45) is 1.81. The molecule has 2 aliphatic rings. The van der Waals surface area contributed by atoms with E-state index in [0.717, 1.165) is 60.3 Å². The van der Waals surface area contributed by atoms with Crippen LogP contribution < -0.4 is 15.1 Å². The molecule has 2 aromatic heterocycles. The third-order valence-corrected chi connectivity index (χ3v) is 7.54. The first-order valence-electron chi connectivity index (χ1n) is 12.4. The zero-order chi connectivity index (χ0) is 25.4. The van der Waals surface area contributed by atoms with Crippen molar-refractivity contribution in [3.8, 4) is 11.3 Å². The van der Waals surface area contributed by atoms with E-state index in [4.69, 9.17) is 33.0 Å². The van der Waals surface area contributed by atoms with Crippen LogP contribution in [0.15, 0.2) is 83.4 Å². The molecule has 4 heterocycles. The number of nitrogens with zero attached hydrogens (tertiary/aromatic N) is 3. The molecule has 188 valence electrons. The van der Waals surface area contributed by atoms with Crippen LogP contribution in [0.1, 0.15) is 29.1 Å². The van der Waals surface area contributed by atoms with Crippen LogP contribution in [0.4, 0.5) is 11.4 Å². The molecular formula is C29H27ClN4O2S. The second-order valence-corrected chi connectivity index (χ2v) is 10.1. The molecule has 37 heavy (non-hydrogen) atoms. The van der Waals surface area contributed by atoms with E-state index >= 15 is 0 Å². The van der Waals surface area contributed by atoms with Crippen molar-refractivity contribution in [3.63, 3.8) is 0 Å². The van der Waals surface area contributed by atoms with Crippen LogP contribution in [0.2, 0.25) is 5.02 Å². The number of hydrogen-bond donors (Lipinski definition) is 1. The molecule has 2 atom stereocenters. The summed E-state index contributed by atoms with van der Waals surface area (Å²) >= 11 is 12.2. The fraction of sp³-hybridized carbons (Fsp3) is 0.241. The highest BCUT2D eigenvalue weighted by Crippen LogP contribution is 2.43. The summed E-state index contributed by atoms with van der Waals surface area (Å²) in [5.74, 6) is 1.57. The first-order valence-corrected chi connectivity index (χ1v) is 13.2. The number of morpholine rings is 1. The highest BCUT2D eigenvalue weighted by Gasteiger charge is 2.42. The topological polar surface area (TPSA) is 53.8 Å². The Morgan fingerprint density at radius 2 is 1.76 bits per heavy atom.